The average molecular weight is 456 g/mol. The van der Waals surface area contributed by atoms with Crippen LogP contribution in [0.3, 0.4) is 0 Å². The molecule has 0 aliphatic heterocycles. The first kappa shape index (κ1) is 21.5. The van der Waals surface area contributed by atoms with Crippen molar-refractivity contribution in [3.05, 3.63) is 42.0 Å². The summed E-state index contributed by atoms with van der Waals surface area (Å²) in [5.41, 5.74) is 1.93. The number of nitrogens with one attached hydrogen (secondary N) is 3. The highest BCUT2D eigenvalue weighted by atomic mass is 127. The molecular weight excluding hydrogens is 427 g/mol. The smallest absolute Gasteiger partial charge is 0.226 e. The second kappa shape index (κ2) is 11.1. The minimum Gasteiger partial charge on any atom is -0.357 e. The van der Waals surface area contributed by atoms with Gasteiger partial charge in [0.2, 0.25) is 5.91 Å². The van der Waals surface area contributed by atoms with E-state index in [-0.39, 0.29) is 35.8 Å². The number of rotatable bonds is 6. The van der Waals surface area contributed by atoms with Crippen molar-refractivity contribution in [2.75, 3.05) is 11.9 Å². The molecule has 1 aromatic rings. The fourth-order valence-corrected chi connectivity index (χ4v) is 2.40. The normalized spacial score (nSPS) is 14.3. The Labute approximate surface area is 167 Å². The van der Waals surface area contributed by atoms with Gasteiger partial charge in [-0.25, -0.2) is 4.99 Å². The Morgan fingerprint density at radius 2 is 1.84 bits per heavy atom. The standard InChI is InChI=1S/C19H28N4O.HI/c1-4-20-19(23-16-7-5-6-8-16)21-13-15-9-11-17(12-10-15)22-18(24)14(2)3;/h5-6,9-12,14,16H,4,7-8,13H2,1-3H3,(H,22,24)(H2,20,21,23);1H. The van der Waals surface area contributed by atoms with Crippen LogP contribution in [0.2, 0.25) is 0 Å². The molecular formula is C19H29IN4O. The quantitative estimate of drug-likeness (QED) is 0.265. The van der Waals surface area contributed by atoms with Gasteiger partial charge in [-0.3, -0.25) is 4.79 Å². The zero-order chi connectivity index (χ0) is 17.4. The minimum atomic E-state index is -0.0203. The molecule has 0 heterocycles. The molecule has 1 aliphatic carbocycles. The maximum atomic E-state index is 11.7. The summed E-state index contributed by atoms with van der Waals surface area (Å²) >= 11 is 0. The molecule has 1 amide bonds. The summed E-state index contributed by atoms with van der Waals surface area (Å²) in [7, 11) is 0. The number of carbonyl (C=O) groups is 1. The zero-order valence-electron chi connectivity index (χ0n) is 15.2. The average Bonchev–Trinajstić information content (AvgIpc) is 3.07. The summed E-state index contributed by atoms with van der Waals surface area (Å²) in [6.45, 7) is 7.28. The number of aliphatic imine (C=N–C) groups is 1. The fourth-order valence-electron chi connectivity index (χ4n) is 2.40. The van der Waals surface area contributed by atoms with Gasteiger partial charge in [0.05, 0.1) is 6.54 Å². The third kappa shape index (κ3) is 7.46. The van der Waals surface area contributed by atoms with Gasteiger partial charge in [-0.1, -0.05) is 38.1 Å². The number of carbonyl (C=O) groups excluding carboxylic acids is 1. The number of nitrogens with zero attached hydrogens (tertiary/aromatic N) is 1. The topological polar surface area (TPSA) is 65.5 Å². The Bertz CT molecular complexity index is 588. The first-order valence-electron chi connectivity index (χ1n) is 8.68. The molecule has 0 radical (unpaired) electrons. The van der Waals surface area contributed by atoms with E-state index in [2.05, 4.69) is 40.0 Å². The predicted molar refractivity (Wildman–Crippen MR) is 115 cm³/mol. The van der Waals surface area contributed by atoms with E-state index >= 15 is 0 Å². The Kier molecular flexibility index (Phi) is 9.55. The molecule has 0 aromatic heterocycles. The van der Waals surface area contributed by atoms with Crippen molar-refractivity contribution >= 4 is 41.5 Å². The van der Waals surface area contributed by atoms with Crippen LogP contribution in [0, 0.1) is 5.92 Å². The lowest BCUT2D eigenvalue weighted by Gasteiger charge is -2.16. The molecule has 0 spiro atoms. The van der Waals surface area contributed by atoms with Gasteiger partial charge >= 0.3 is 0 Å². The van der Waals surface area contributed by atoms with E-state index in [1.807, 2.05) is 38.1 Å². The van der Waals surface area contributed by atoms with Crippen LogP contribution in [0.15, 0.2) is 41.4 Å². The summed E-state index contributed by atoms with van der Waals surface area (Å²) in [4.78, 5) is 16.3. The summed E-state index contributed by atoms with van der Waals surface area (Å²) in [6.07, 6.45) is 6.50. The molecule has 0 bridgehead atoms. The van der Waals surface area contributed by atoms with Crippen LogP contribution in [0.4, 0.5) is 5.69 Å². The van der Waals surface area contributed by atoms with Crippen molar-refractivity contribution in [1.29, 1.82) is 0 Å². The monoisotopic (exact) mass is 456 g/mol. The molecule has 0 saturated heterocycles. The molecule has 3 N–H and O–H groups in total. The van der Waals surface area contributed by atoms with E-state index in [4.69, 9.17) is 0 Å². The molecule has 25 heavy (non-hydrogen) atoms. The van der Waals surface area contributed by atoms with Gasteiger partial charge in [0, 0.05) is 24.2 Å². The second-order valence-corrected chi connectivity index (χ2v) is 6.32. The second-order valence-electron chi connectivity index (χ2n) is 6.32. The summed E-state index contributed by atoms with van der Waals surface area (Å²) < 4.78 is 0. The van der Waals surface area contributed by atoms with E-state index < -0.39 is 0 Å². The first-order valence-corrected chi connectivity index (χ1v) is 8.68. The Hall–Kier alpha value is -1.57. The van der Waals surface area contributed by atoms with Crippen LogP contribution in [0.1, 0.15) is 39.2 Å². The largest absolute Gasteiger partial charge is 0.357 e. The van der Waals surface area contributed by atoms with Crippen molar-refractivity contribution in [2.45, 2.75) is 46.2 Å². The van der Waals surface area contributed by atoms with Gasteiger partial charge in [-0.2, -0.15) is 0 Å². The van der Waals surface area contributed by atoms with Crippen molar-refractivity contribution in [2.24, 2.45) is 10.9 Å². The predicted octanol–water partition coefficient (Wildman–Crippen LogP) is 3.67. The number of halogens is 1. The molecule has 0 unspecified atom stereocenters. The van der Waals surface area contributed by atoms with Crippen LogP contribution in [-0.2, 0) is 11.3 Å². The lowest BCUT2D eigenvalue weighted by molar-refractivity contribution is -0.118. The highest BCUT2D eigenvalue weighted by Crippen LogP contribution is 2.12. The minimum absolute atomic E-state index is 0. The maximum Gasteiger partial charge on any atom is 0.226 e. The number of amides is 1. The molecule has 1 aromatic carbocycles. The number of benzene rings is 1. The van der Waals surface area contributed by atoms with Gasteiger partial charge in [-0.15, -0.1) is 24.0 Å². The van der Waals surface area contributed by atoms with Crippen molar-refractivity contribution in [3.63, 3.8) is 0 Å². The lowest BCUT2D eigenvalue weighted by Crippen LogP contribution is -2.42. The van der Waals surface area contributed by atoms with Crippen molar-refractivity contribution in [1.82, 2.24) is 10.6 Å². The Balaban J connectivity index is 0.00000312. The third-order valence-corrected chi connectivity index (χ3v) is 3.86. The summed E-state index contributed by atoms with van der Waals surface area (Å²) in [6, 6.07) is 8.29. The maximum absolute atomic E-state index is 11.7. The Morgan fingerprint density at radius 1 is 1.20 bits per heavy atom. The lowest BCUT2D eigenvalue weighted by atomic mass is 10.1. The summed E-state index contributed by atoms with van der Waals surface area (Å²) in [5, 5.41) is 9.64. The van der Waals surface area contributed by atoms with Crippen molar-refractivity contribution < 1.29 is 4.79 Å². The first-order chi connectivity index (χ1) is 11.6. The Morgan fingerprint density at radius 3 is 2.40 bits per heavy atom. The van der Waals surface area contributed by atoms with E-state index in [1.165, 1.54) is 0 Å². The number of guanidine groups is 1. The molecule has 0 saturated carbocycles. The molecule has 138 valence electrons. The van der Waals surface area contributed by atoms with E-state index in [1.54, 1.807) is 0 Å². The molecule has 6 heteroatoms. The number of anilines is 1. The SMILES string of the molecule is CCNC(=NCc1ccc(NC(=O)C(C)C)cc1)NC1CC=CC1.I. The summed E-state index contributed by atoms with van der Waals surface area (Å²) in [5.74, 6) is 0.862. The van der Waals surface area contributed by atoms with Crippen molar-refractivity contribution in [3.8, 4) is 0 Å². The third-order valence-electron chi connectivity index (χ3n) is 3.86. The van der Waals surface area contributed by atoms with Crippen LogP contribution in [-0.4, -0.2) is 24.5 Å². The van der Waals surface area contributed by atoms with Gasteiger partial charge in [-0.05, 0) is 37.5 Å². The zero-order valence-corrected chi connectivity index (χ0v) is 17.5. The van der Waals surface area contributed by atoms with Gasteiger partial charge in [0.25, 0.3) is 0 Å². The highest BCUT2D eigenvalue weighted by molar-refractivity contribution is 14.0. The van der Waals surface area contributed by atoms with Crippen LogP contribution >= 0.6 is 24.0 Å². The van der Waals surface area contributed by atoms with Crippen LogP contribution in [0.5, 0.6) is 0 Å². The van der Waals surface area contributed by atoms with Crippen LogP contribution < -0.4 is 16.0 Å². The molecule has 0 fully saturated rings. The van der Waals surface area contributed by atoms with E-state index in [9.17, 15) is 4.79 Å². The van der Waals surface area contributed by atoms with E-state index in [0.717, 1.165) is 36.6 Å². The highest BCUT2D eigenvalue weighted by Gasteiger charge is 2.11. The van der Waals surface area contributed by atoms with Crippen LogP contribution in [0.25, 0.3) is 0 Å². The fraction of sp³-hybridized carbons (Fsp3) is 0.474. The van der Waals surface area contributed by atoms with Gasteiger partial charge in [0.15, 0.2) is 5.96 Å². The number of hydrogen-bond donors (Lipinski definition) is 3. The molecule has 0 atom stereocenters. The molecule has 1 aliphatic rings. The van der Waals surface area contributed by atoms with Gasteiger partial charge < -0.3 is 16.0 Å². The number of hydrogen-bond acceptors (Lipinski definition) is 2. The van der Waals surface area contributed by atoms with Gasteiger partial charge in [0.1, 0.15) is 0 Å². The molecule has 2 rings (SSSR count). The van der Waals surface area contributed by atoms with E-state index in [0.29, 0.717) is 12.6 Å². The molecule has 5 nitrogen and oxygen atoms in total.